The third-order valence-electron chi connectivity index (χ3n) is 4.48. The first-order valence-electron chi connectivity index (χ1n) is 8.90. The van der Waals surface area contributed by atoms with Gasteiger partial charge in [-0.1, -0.05) is 42.5 Å². The van der Waals surface area contributed by atoms with Crippen molar-refractivity contribution in [3.63, 3.8) is 0 Å². The van der Waals surface area contributed by atoms with E-state index in [-0.39, 0.29) is 17.7 Å². The van der Waals surface area contributed by atoms with Crippen LogP contribution in [0.4, 0.5) is 13.6 Å². The van der Waals surface area contributed by atoms with Gasteiger partial charge in [0.25, 0.3) is 0 Å². The Balaban J connectivity index is 1.81. The minimum atomic E-state index is -2.89. The molecule has 1 aliphatic rings. The molecule has 2 atom stereocenters. The molecular weight excluding hydrogens is 368 g/mol. The van der Waals surface area contributed by atoms with Gasteiger partial charge in [0.1, 0.15) is 5.75 Å². The van der Waals surface area contributed by atoms with Crippen molar-refractivity contribution >= 4 is 11.9 Å². The molecule has 1 fully saturated rings. The molecule has 28 heavy (non-hydrogen) atoms. The van der Waals surface area contributed by atoms with Crippen LogP contribution in [0.2, 0.25) is 0 Å². The minimum Gasteiger partial charge on any atom is -0.435 e. The highest BCUT2D eigenvalue weighted by Crippen LogP contribution is 2.25. The van der Waals surface area contributed by atoms with E-state index < -0.39 is 18.7 Å². The largest absolute Gasteiger partial charge is 0.435 e. The van der Waals surface area contributed by atoms with Crippen LogP contribution >= 0.6 is 0 Å². The molecular formula is C20H21F2N3O3. The van der Waals surface area contributed by atoms with Gasteiger partial charge in [-0.2, -0.15) is 8.78 Å². The van der Waals surface area contributed by atoms with E-state index >= 15 is 0 Å². The summed E-state index contributed by atoms with van der Waals surface area (Å²) in [5.74, 6) is -0.267. The number of alkyl halides is 2. The maximum Gasteiger partial charge on any atom is 0.387 e. The summed E-state index contributed by atoms with van der Waals surface area (Å²) in [7, 11) is 0. The van der Waals surface area contributed by atoms with Crippen LogP contribution in [0.25, 0.3) is 0 Å². The lowest BCUT2D eigenvalue weighted by molar-refractivity contribution is -0.129. The zero-order chi connectivity index (χ0) is 20.1. The number of imide groups is 1. The molecule has 3 amide bonds. The van der Waals surface area contributed by atoms with Crippen molar-refractivity contribution in [1.82, 2.24) is 15.5 Å². The van der Waals surface area contributed by atoms with E-state index in [0.29, 0.717) is 13.1 Å². The topological polar surface area (TPSA) is 70.7 Å². The van der Waals surface area contributed by atoms with Gasteiger partial charge >= 0.3 is 12.6 Å². The van der Waals surface area contributed by atoms with Gasteiger partial charge in [-0.15, -0.1) is 0 Å². The number of halogens is 2. The third-order valence-corrected chi connectivity index (χ3v) is 4.48. The number of rotatable bonds is 7. The van der Waals surface area contributed by atoms with Crippen molar-refractivity contribution in [3.05, 3.63) is 65.7 Å². The molecule has 6 nitrogen and oxygen atoms in total. The van der Waals surface area contributed by atoms with E-state index in [9.17, 15) is 18.4 Å². The second-order valence-corrected chi connectivity index (χ2v) is 6.40. The van der Waals surface area contributed by atoms with E-state index in [1.165, 1.54) is 17.0 Å². The van der Waals surface area contributed by atoms with E-state index in [0.717, 1.165) is 11.1 Å². The fourth-order valence-corrected chi connectivity index (χ4v) is 3.11. The lowest BCUT2D eigenvalue weighted by Gasteiger charge is -2.26. The Labute approximate surface area is 161 Å². The Morgan fingerprint density at radius 1 is 1.11 bits per heavy atom. The number of benzene rings is 2. The zero-order valence-electron chi connectivity index (χ0n) is 15.3. The number of ether oxygens (including phenoxy) is 1. The van der Waals surface area contributed by atoms with Crippen molar-refractivity contribution in [2.24, 2.45) is 0 Å². The van der Waals surface area contributed by atoms with Crippen LogP contribution in [0.1, 0.15) is 24.1 Å². The number of carbonyl (C=O) groups excluding carboxylic acids is 2. The van der Waals surface area contributed by atoms with Crippen molar-refractivity contribution < 1.29 is 23.1 Å². The Morgan fingerprint density at radius 2 is 1.75 bits per heavy atom. The minimum absolute atomic E-state index is 0.0587. The maximum absolute atomic E-state index is 12.6. The number of amides is 3. The molecule has 0 aromatic heterocycles. The van der Waals surface area contributed by atoms with E-state index in [4.69, 9.17) is 0 Å². The van der Waals surface area contributed by atoms with Crippen LogP contribution in [0.5, 0.6) is 5.75 Å². The molecule has 1 heterocycles. The van der Waals surface area contributed by atoms with Gasteiger partial charge in [0.15, 0.2) is 0 Å². The average molecular weight is 389 g/mol. The highest BCUT2D eigenvalue weighted by Gasteiger charge is 2.31. The molecule has 148 valence electrons. The summed E-state index contributed by atoms with van der Waals surface area (Å²) in [5, 5.41) is 5.85. The lowest BCUT2D eigenvalue weighted by atomic mass is 9.97. The van der Waals surface area contributed by atoms with Gasteiger partial charge in [-0.25, -0.2) is 4.79 Å². The van der Waals surface area contributed by atoms with E-state index in [1.54, 1.807) is 19.1 Å². The fourth-order valence-electron chi connectivity index (χ4n) is 3.11. The van der Waals surface area contributed by atoms with Crippen LogP contribution in [0.3, 0.4) is 0 Å². The number of nitrogens with one attached hydrogen (secondary N) is 2. The molecule has 0 unspecified atom stereocenters. The van der Waals surface area contributed by atoms with Crippen LogP contribution in [0, 0.1) is 0 Å². The van der Waals surface area contributed by atoms with Crippen molar-refractivity contribution in [3.8, 4) is 5.75 Å². The summed E-state index contributed by atoms with van der Waals surface area (Å²) in [4.78, 5) is 25.6. The molecule has 8 heteroatoms. The number of hydrogen-bond acceptors (Lipinski definition) is 4. The quantitative estimate of drug-likeness (QED) is 0.764. The monoisotopic (exact) mass is 389 g/mol. The molecule has 0 bridgehead atoms. The summed E-state index contributed by atoms with van der Waals surface area (Å²) in [6, 6.07) is 14.3. The third kappa shape index (κ3) is 4.64. The van der Waals surface area contributed by atoms with E-state index in [2.05, 4.69) is 15.4 Å². The molecule has 0 saturated carbocycles. The fraction of sp³-hybridized carbons (Fsp3) is 0.300. The Hall–Kier alpha value is -3.00. The number of nitrogens with zero attached hydrogens (tertiary/aromatic N) is 1. The lowest BCUT2D eigenvalue weighted by Crippen LogP contribution is -2.47. The molecule has 0 radical (unpaired) electrons. The second-order valence-electron chi connectivity index (χ2n) is 6.40. The van der Waals surface area contributed by atoms with Crippen LogP contribution in [-0.4, -0.2) is 42.6 Å². The maximum atomic E-state index is 12.6. The predicted octanol–water partition coefficient (Wildman–Crippen LogP) is 2.91. The highest BCUT2D eigenvalue weighted by atomic mass is 19.3. The summed E-state index contributed by atoms with van der Waals surface area (Å²) in [5.41, 5.74) is 1.67. The number of urea groups is 1. The van der Waals surface area contributed by atoms with Gasteiger partial charge in [0.2, 0.25) is 5.91 Å². The van der Waals surface area contributed by atoms with Gasteiger partial charge in [0, 0.05) is 13.1 Å². The Morgan fingerprint density at radius 3 is 2.32 bits per heavy atom. The van der Waals surface area contributed by atoms with Gasteiger partial charge < -0.3 is 10.1 Å². The molecule has 2 aromatic carbocycles. The molecule has 3 rings (SSSR count). The predicted molar refractivity (Wildman–Crippen MR) is 99.1 cm³/mol. The van der Waals surface area contributed by atoms with Crippen LogP contribution in [-0.2, 0) is 4.79 Å². The first kappa shape index (κ1) is 19.8. The average Bonchev–Trinajstić information content (AvgIpc) is 3.12. The Kier molecular flexibility index (Phi) is 6.20. The molecule has 0 spiro atoms. The van der Waals surface area contributed by atoms with Crippen molar-refractivity contribution in [1.29, 1.82) is 0 Å². The van der Waals surface area contributed by atoms with Crippen molar-refractivity contribution in [2.45, 2.75) is 25.6 Å². The Bertz CT molecular complexity index is 815. The summed E-state index contributed by atoms with van der Waals surface area (Å²) in [6.07, 6.45) is 0. The molecule has 0 aliphatic carbocycles. The normalized spacial score (nSPS) is 16.0. The first-order valence-corrected chi connectivity index (χ1v) is 8.90. The molecule has 1 saturated heterocycles. The standard InChI is InChI=1S/C20H21F2N3O3/c1-13(18(26)25-12-11-23-20(25)27)24-17(14-5-3-2-4-6-14)15-7-9-16(10-8-15)28-19(21)22/h2-10,13,17,19,24H,11-12H2,1H3,(H,23,27)/t13-,17+/m1/s1. The second kappa shape index (κ2) is 8.79. The number of carbonyl (C=O) groups is 2. The number of hydrogen-bond donors (Lipinski definition) is 2. The van der Waals surface area contributed by atoms with Gasteiger partial charge in [-0.3, -0.25) is 15.0 Å². The van der Waals surface area contributed by atoms with Crippen molar-refractivity contribution in [2.75, 3.05) is 13.1 Å². The molecule has 2 N–H and O–H groups in total. The van der Waals surface area contributed by atoms with E-state index in [1.807, 2.05) is 30.3 Å². The first-order chi connectivity index (χ1) is 13.5. The summed E-state index contributed by atoms with van der Waals surface area (Å²) < 4.78 is 29.1. The SMILES string of the molecule is C[C@@H](N[C@@H](c1ccccc1)c1ccc(OC(F)F)cc1)C(=O)N1CCNC1=O. The van der Waals surface area contributed by atoms with Gasteiger partial charge in [0.05, 0.1) is 12.1 Å². The highest BCUT2D eigenvalue weighted by molar-refractivity contribution is 5.98. The summed E-state index contributed by atoms with van der Waals surface area (Å²) >= 11 is 0. The van der Waals surface area contributed by atoms with Crippen LogP contribution in [0.15, 0.2) is 54.6 Å². The van der Waals surface area contributed by atoms with Crippen LogP contribution < -0.4 is 15.4 Å². The smallest absolute Gasteiger partial charge is 0.387 e. The molecule has 1 aliphatic heterocycles. The summed E-state index contributed by atoms with van der Waals surface area (Å²) in [6.45, 7) is -0.430. The zero-order valence-corrected chi connectivity index (χ0v) is 15.3. The molecule has 2 aromatic rings. The van der Waals surface area contributed by atoms with Gasteiger partial charge in [-0.05, 0) is 30.2 Å².